The maximum Gasteiger partial charge on any atom is 0.303 e. The fourth-order valence-corrected chi connectivity index (χ4v) is 2.84. The Labute approximate surface area is 115 Å². The molecule has 1 heterocycles. The summed E-state index contributed by atoms with van der Waals surface area (Å²) < 4.78 is 1.96. The zero-order chi connectivity index (χ0) is 12.4. The van der Waals surface area contributed by atoms with Gasteiger partial charge in [-0.2, -0.15) is 0 Å². The van der Waals surface area contributed by atoms with Crippen molar-refractivity contribution < 1.29 is 9.90 Å². The van der Waals surface area contributed by atoms with Crippen molar-refractivity contribution in [1.29, 1.82) is 0 Å². The minimum absolute atomic E-state index is 0.204. The number of hydrogen-bond donors (Lipinski definition) is 2. The third-order valence-corrected chi connectivity index (χ3v) is 3.80. The van der Waals surface area contributed by atoms with Crippen LogP contribution in [-0.4, -0.2) is 16.1 Å². The number of aliphatic carboxylic acids is 1. The number of aromatic nitrogens is 1. The van der Waals surface area contributed by atoms with Crippen molar-refractivity contribution in [3.05, 3.63) is 32.8 Å². The van der Waals surface area contributed by atoms with Crippen LogP contribution in [0.15, 0.2) is 27.3 Å². The molecule has 2 rings (SSSR count). The number of halogens is 2. The monoisotopic (exact) mass is 359 g/mol. The quantitative estimate of drug-likeness (QED) is 0.862. The third-order valence-electron chi connectivity index (χ3n) is 2.63. The lowest BCUT2D eigenvalue weighted by atomic mass is 10.1. The Kier molecular flexibility index (Phi) is 3.89. The van der Waals surface area contributed by atoms with E-state index in [0.29, 0.717) is 6.42 Å². The molecule has 5 heteroatoms. The summed E-state index contributed by atoms with van der Waals surface area (Å²) in [6.07, 6.45) is 1.61. The summed E-state index contributed by atoms with van der Waals surface area (Å²) in [6, 6.07) is 6.04. The van der Waals surface area contributed by atoms with Gasteiger partial charge >= 0.3 is 5.97 Å². The van der Waals surface area contributed by atoms with Gasteiger partial charge in [0.15, 0.2) is 0 Å². The average Bonchev–Trinajstić information content (AvgIpc) is 2.54. The van der Waals surface area contributed by atoms with Crippen LogP contribution < -0.4 is 0 Å². The number of aromatic amines is 1. The molecule has 90 valence electrons. The second kappa shape index (κ2) is 5.23. The molecule has 0 unspecified atom stereocenters. The van der Waals surface area contributed by atoms with Crippen molar-refractivity contribution in [2.75, 3.05) is 0 Å². The molecule has 0 amide bonds. The highest BCUT2D eigenvalue weighted by molar-refractivity contribution is 9.10. The molecule has 0 radical (unpaired) electrons. The molecule has 0 aliphatic heterocycles. The second-order valence-electron chi connectivity index (χ2n) is 3.85. The predicted molar refractivity (Wildman–Crippen MR) is 74.3 cm³/mol. The minimum atomic E-state index is -0.747. The van der Waals surface area contributed by atoms with Gasteiger partial charge in [-0.25, -0.2) is 0 Å². The number of benzene rings is 1. The molecule has 0 saturated carbocycles. The average molecular weight is 361 g/mol. The van der Waals surface area contributed by atoms with Gasteiger partial charge in [0.2, 0.25) is 0 Å². The van der Waals surface area contributed by atoms with Crippen molar-refractivity contribution in [1.82, 2.24) is 4.98 Å². The molecule has 17 heavy (non-hydrogen) atoms. The summed E-state index contributed by atoms with van der Waals surface area (Å²) in [5.41, 5.74) is 2.20. The second-order valence-corrected chi connectivity index (χ2v) is 5.56. The Balaban J connectivity index is 2.27. The van der Waals surface area contributed by atoms with Gasteiger partial charge in [-0.1, -0.05) is 22.0 Å². The summed E-state index contributed by atoms with van der Waals surface area (Å²) in [4.78, 5) is 13.7. The Morgan fingerprint density at radius 3 is 2.82 bits per heavy atom. The number of carboxylic acid groups (broad SMARTS) is 1. The number of carbonyl (C=O) groups is 1. The molecule has 0 saturated heterocycles. The van der Waals surface area contributed by atoms with E-state index >= 15 is 0 Å². The first-order chi connectivity index (χ1) is 8.08. The molecule has 3 nitrogen and oxygen atoms in total. The predicted octanol–water partition coefficient (Wildman–Crippen LogP) is 4.10. The first kappa shape index (κ1) is 12.6. The van der Waals surface area contributed by atoms with Crippen molar-refractivity contribution in [2.45, 2.75) is 19.3 Å². The van der Waals surface area contributed by atoms with Crippen molar-refractivity contribution in [3.63, 3.8) is 0 Å². The molecule has 0 aliphatic carbocycles. The third kappa shape index (κ3) is 2.90. The molecular weight excluding hydrogens is 350 g/mol. The van der Waals surface area contributed by atoms with E-state index in [-0.39, 0.29) is 6.42 Å². The molecule has 0 spiro atoms. The fraction of sp³-hybridized carbons (Fsp3) is 0.250. The maximum absolute atomic E-state index is 10.5. The van der Waals surface area contributed by atoms with E-state index < -0.39 is 5.97 Å². The lowest BCUT2D eigenvalue weighted by molar-refractivity contribution is -0.137. The molecule has 2 N–H and O–H groups in total. The Morgan fingerprint density at radius 2 is 2.12 bits per heavy atom. The van der Waals surface area contributed by atoms with Crippen LogP contribution in [0.1, 0.15) is 18.4 Å². The smallest absolute Gasteiger partial charge is 0.303 e. The van der Waals surface area contributed by atoms with Crippen LogP contribution in [-0.2, 0) is 11.2 Å². The van der Waals surface area contributed by atoms with Crippen LogP contribution in [0.5, 0.6) is 0 Å². The zero-order valence-electron chi connectivity index (χ0n) is 8.96. The van der Waals surface area contributed by atoms with E-state index in [4.69, 9.17) is 5.11 Å². The highest BCUT2D eigenvalue weighted by Crippen LogP contribution is 2.29. The standard InChI is InChI=1S/C12H11Br2NO2/c13-7-4-5-8-9(2-1-3-11(16)17)12(14)15-10(8)6-7/h4-6,15H,1-3H2,(H,16,17). The normalized spacial score (nSPS) is 10.9. The molecule has 0 fully saturated rings. The minimum Gasteiger partial charge on any atom is -0.481 e. The molecule has 0 bridgehead atoms. The molecular formula is C12H11Br2NO2. The summed E-state index contributed by atoms with van der Waals surface area (Å²) in [5, 5.41) is 9.78. The first-order valence-corrected chi connectivity index (χ1v) is 6.84. The van der Waals surface area contributed by atoms with E-state index in [2.05, 4.69) is 36.8 Å². The molecule has 1 aromatic carbocycles. The number of aryl methyl sites for hydroxylation is 1. The molecule has 2 aromatic rings. The van der Waals surface area contributed by atoms with Gasteiger partial charge in [0.05, 0.1) is 4.60 Å². The number of rotatable bonds is 4. The van der Waals surface area contributed by atoms with E-state index in [0.717, 1.165) is 32.0 Å². The lowest BCUT2D eigenvalue weighted by Crippen LogP contribution is -1.95. The van der Waals surface area contributed by atoms with E-state index in [9.17, 15) is 4.79 Å². The molecule has 0 aliphatic rings. The topological polar surface area (TPSA) is 53.1 Å². The van der Waals surface area contributed by atoms with Gasteiger partial charge in [-0.05, 0) is 46.5 Å². The van der Waals surface area contributed by atoms with Gasteiger partial charge in [0.25, 0.3) is 0 Å². The first-order valence-electron chi connectivity index (χ1n) is 5.25. The van der Waals surface area contributed by atoms with Crippen LogP contribution in [0.3, 0.4) is 0 Å². The van der Waals surface area contributed by atoms with E-state index in [1.165, 1.54) is 0 Å². The lowest BCUT2D eigenvalue weighted by Gasteiger charge is -1.99. The zero-order valence-corrected chi connectivity index (χ0v) is 12.1. The van der Waals surface area contributed by atoms with Crippen LogP contribution in [0.25, 0.3) is 10.9 Å². The SMILES string of the molecule is O=C(O)CCCc1c(Br)[nH]c2cc(Br)ccc12. The van der Waals surface area contributed by atoms with Crippen LogP contribution in [0.2, 0.25) is 0 Å². The number of H-pyrrole nitrogens is 1. The summed E-state index contributed by atoms with van der Waals surface area (Å²) in [6.45, 7) is 0. The van der Waals surface area contributed by atoms with E-state index in [1.807, 2.05) is 18.2 Å². The van der Waals surface area contributed by atoms with Crippen LogP contribution in [0.4, 0.5) is 0 Å². The fourth-order valence-electron chi connectivity index (χ4n) is 1.86. The van der Waals surface area contributed by atoms with Crippen molar-refractivity contribution in [3.8, 4) is 0 Å². The highest BCUT2D eigenvalue weighted by atomic mass is 79.9. The molecule has 1 aromatic heterocycles. The van der Waals surface area contributed by atoms with Gasteiger partial charge in [0, 0.05) is 21.8 Å². The Morgan fingerprint density at radius 1 is 1.35 bits per heavy atom. The van der Waals surface area contributed by atoms with Crippen molar-refractivity contribution in [2.24, 2.45) is 0 Å². The Bertz CT molecular complexity index is 563. The van der Waals surface area contributed by atoms with Crippen LogP contribution >= 0.6 is 31.9 Å². The van der Waals surface area contributed by atoms with Gasteiger partial charge in [-0.15, -0.1) is 0 Å². The van der Waals surface area contributed by atoms with Gasteiger partial charge < -0.3 is 10.1 Å². The Hall–Kier alpha value is -0.810. The summed E-state index contributed by atoms with van der Waals surface area (Å²) >= 11 is 6.91. The maximum atomic E-state index is 10.5. The largest absolute Gasteiger partial charge is 0.481 e. The number of hydrogen-bond acceptors (Lipinski definition) is 1. The number of carboxylic acids is 1. The molecule has 0 atom stereocenters. The summed E-state index contributed by atoms with van der Waals surface area (Å²) in [5.74, 6) is -0.747. The van der Waals surface area contributed by atoms with Crippen LogP contribution in [0, 0.1) is 0 Å². The highest BCUT2D eigenvalue weighted by Gasteiger charge is 2.10. The number of nitrogens with one attached hydrogen (secondary N) is 1. The number of fused-ring (bicyclic) bond motifs is 1. The summed E-state index contributed by atoms with van der Waals surface area (Å²) in [7, 11) is 0. The van der Waals surface area contributed by atoms with Gasteiger partial charge in [-0.3, -0.25) is 4.79 Å². The van der Waals surface area contributed by atoms with Crippen molar-refractivity contribution >= 4 is 48.7 Å². The van der Waals surface area contributed by atoms with Gasteiger partial charge in [0.1, 0.15) is 0 Å². The van der Waals surface area contributed by atoms with E-state index in [1.54, 1.807) is 0 Å².